The third-order valence-corrected chi connectivity index (χ3v) is 11.8. The Kier molecular flexibility index (Phi) is 7.14. The molecule has 0 atom stereocenters. The summed E-state index contributed by atoms with van der Waals surface area (Å²) in [4.78, 5) is 7.32. The molecule has 0 amide bonds. The molecule has 1 spiro atoms. The molecular formula is C53H36N2O. The molecule has 1 heterocycles. The largest absolute Gasteiger partial charge is 0.435 e. The number of fused-ring (bicyclic) bond motifs is 12. The van der Waals surface area contributed by atoms with E-state index in [1.165, 1.54) is 44.5 Å². The first-order chi connectivity index (χ1) is 27.7. The van der Waals surface area contributed by atoms with Gasteiger partial charge in [0.05, 0.1) is 5.41 Å². The second kappa shape index (κ2) is 12.4. The molecule has 3 heteroatoms. The van der Waals surface area contributed by atoms with E-state index in [1.807, 2.05) is 30.3 Å². The fourth-order valence-corrected chi connectivity index (χ4v) is 9.51. The van der Waals surface area contributed by atoms with Crippen molar-refractivity contribution in [3.63, 3.8) is 0 Å². The summed E-state index contributed by atoms with van der Waals surface area (Å²) in [5.41, 5.74) is 15.4. The maximum absolute atomic E-state index is 6.61. The number of hydrogen-bond acceptors (Lipinski definition) is 3. The molecule has 0 radical (unpaired) electrons. The zero-order valence-electron chi connectivity index (χ0n) is 30.9. The lowest BCUT2D eigenvalue weighted by Crippen LogP contribution is -2.27. The van der Waals surface area contributed by atoms with Crippen LogP contribution in [0, 0.1) is 0 Å². The van der Waals surface area contributed by atoms with E-state index in [2.05, 4.69) is 176 Å². The molecule has 0 saturated carbocycles. The first-order valence-corrected chi connectivity index (χ1v) is 19.2. The van der Waals surface area contributed by atoms with E-state index in [9.17, 15) is 0 Å². The molecule has 0 aliphatic heterocycles. The molecular weight excluding hydrogens is 681 g/mol. The Morgan fingerprint density at radius 3 is 1.95 bits per heavy atom. The second-order valence-electron chi connectivity index (χ2n) is 14.6. The molecule has 0 bridgehead atoms. The number of allylic oxidation sites excluding steroid dienone is 5. The van der Waals surface area contributed by atoms with Crippen LogP contribution >= 0.6 is 0 Å². The molecule has 2 aliphatic carbocycles. The van der Waals surface area contributed by atoms with Gasteiger partial charge in [-0.1, -0.05) is 140 Å². The Labute approximate surface area is 325 Å². The highest BCUT2D eigenvalue weighted by Gasteiger charge is 2.51. The first kappa shape index (κ1) is 32.2. The number of hydrogen-bond donors (Lipinski definition) is 0. The third kappa shape index (κ3) is 4.49. The van der Waals surface area contributed by atoms with Gasteiger partial charge in [-0.2, -0.15) is 0 Å². The van der Waals surface area contributed by atoms with Crippen molar-refractivity contribution >= 4 is 55.3 Å². The van der Waals surface area contributed by atoms with Crippen molar-refractivity contribution in [1.82, 2.24) is 4.98 Å². The summed E-state index contributed by atoms with van der Waals surface area (Å²) in [6, 6.07) is 61.0. The van der Waals surface area contributed by atoms with Crippen molar-refractivity contribution in [2.75, 3.05) is 4.90 Å². The van der Waals surface area contributed by atoms with E-state index in [0.29, 0.717) is 5.89 Å². The van der Waals surface area contributed by atoms with Gasteiger partial charge in [0.15, 0.2) is 5.58 Å². The molecule has 0 saturated heterocycles. The van der Waals surface area contributed by atoms with Crippen LogP contribution < -0.4 is 4.90 Å². The van der Waals surface area contributed by atoms with E-state index >= 15 is 0 Å². The summed E-state index contributed by atoms with van der Waals surface area (Å²) < 4.78 is 6.61. The van der Waals surface area contributed by atoms with Gasteiger partial charge in [-0.3, -0.25) is 0 Å². The fraction of sp³-hybridized carbons (Fsp3) is 0.0377. The van der Waals surface area contributed by atoms with E-state index in [0.717, 1.165) is 55.3 Å². The van der Waals surface area contributed by atoms with Crippen LogP contribution in [-0.4, -0.2) is 4.98 Å². The van der Waals surface area contributed by atoms with Crippen molar-refractivity contribution in [1.29, 1.82) is 0 Å². The molecule has 264 valence electrons. The van der Waals surface area contributed by atoms with Crippen LogP contribution in [0.5, 0.6) is 0 Å². The summed E-state index contributed by atoms with van der Waals surface area (Å²) in [5.74, 6) is 0.624. The molecule has 2 aliphatic rings. The monoisotopic (exact) mass is 716 g/mol. The van der Waals surface area contributed by atoms with Gasteiger partial charge in [-0.05, 0) is 122 Å². The molecule has 3 nitrogen and oxygen atoms in total. The molecule has 8 aromatic carbocycles. The molecule has 0 fully saturated rings. The van der Waals surface area contributed by atoms with Crippen LogP contribution in [-0.2, 0) is 5.41 Å². The number of aromatic nitrogens is 1. The lowest BCUT2D eigenvalue weighted by atomic mass is 9.69. The Bertz CT molecular complexity index is 3070. The quantitative estimate of drug-likeness (QED) is 0.160. The smallest absolute Gasteiger partial charge is 0.227 e. The summed E-state index contributed by atoms with van der Waals surface area (Å²) in [5, 5.41) is 4.43. The number of benzene rings is 8. The Morgan fingerprint density at radius 2 is 1.21 bits per heavy atom. The molecule has 56 heavy (non-hydrogen) atoms. The van der Waals surface area contributed by atoms with Crippen molar-refractivity contribution in [3.8, 4) is 22.6 Å². The molecule has 9 aromatic rings. The summed E-state index contributed by atoms with van der Waals surface area (Å²) >= 11 is 0. The van der Waals surface area contributed by atoms with Gasteiger partial charge in [0.25, 0.3) is 0 Å². The number of rotatable bonds is 6. The maximum Gasteiger partial charge on any atom is 0.227 e. The van der Waals surface area contributed by atoms with Gasteiger partial charge >= 0.3 is 0 Å². The van der Waals surface area contributed by atoms with E-state index in [-0.39, 0.29) is 0 Å². The van der Waals surface area contributed by atoms with Gasteiger partial charge in [0, 0.05) is 28.0 Å². The average molecular weight is 717 g/mol. The second-order valence-corrected chi connectivity index (χ2v) is 14.6. The predicted octanol–water partition coefficient (Wildman–Crippen LogP) is 14.1. The van der Waals surface area contributed by atoms with Crippen LogP contribution in [0.2, 0.25) is 0 Å². The van der Waals surface area contributed by atoms with Gasteiger partial charge in [0.2, 0.25) is 5.89 Å². The number of anilines is 3. The number of nitrogens with zero attached hydrogens (tertiary/aromatic N) is 2. The highest BCUT2D eigenvalue weighted by Crippen LogP contribution is 2.62. The van der Waals surface area contributed by atoms with Gasteiger partial charge in [-0.15, -0.1) is 0 Å². The Morgan fingerprint density at radius 1 is 0.589 bits per heavy atom. The minimum atomic E-state index is -0.509. The third-order valence-electron chi connectivity index (χ3n) is 11.8. The first-order valence-electron chi connectivity index (χ1n) is 19.2. The van der Waals surface area contributed by atoms with Crippen molar-refractivity contribution in [2.24, 2.45) is 0 Å². The standard InChI is InChI=1S/C53H36N2O/c1-3-15-40-43-30-29-39(33-48(43)53(45(40)4-2)46-22-13-11-20-41(46)42-21-12-14-23-47(42)53)55(37-18-9-6-10-19-37)38-28-26-34-24-25-35-27-31-49-51(50(35)44(34)32-38)56-52(54-49)36-16-7-5-8-17-36/h3-33H,2H2,1H3/b15-3-. The number of oxazole rings is 1. The zero-order valence-corrected chi connectivity index (χ0v) is 30.9. The zero-order chi connectivity index (χ0) is 37.4. The predicted molar refractivity (Wildman–Crippen MR) is 233 cm³/mol. The molecule has 1 aromatic heterocycles. The molecule has 0 unspecified atom stereocenters. The maximum atomic E-state index is 6.61. The fourth-order valence-electron chi connectivity index (χ4n) is 9.51. The van der Waals surface area contributed by atoms with Crippen molar-refractivity contribution < 1.29 is 4.42 Å². The molecule has 0 N–H and O–H groups in total. The highest BCUT2D eigenvalue weighted by molar-refractivity contribution is 6.18. The van der Waals surface area contributed by atoms with Crippen LogP contribution in [0.15, 0.2) is 205 Å². The van der Waals surface area contributed by atoms with Crippen molar-refractivity contribution in [2.45, 2.75) is 12.3 Å². The van der Waals surface area contributed by atoms with Crippen LogP contribution in [0.3, 0.4) is 0 Å². The van der Waals surface area contributed by atoms with Gasteiger partial charge < -0.3 is 9.32 Å². The summed E-state index contributed by atoms with van der Waals surface area (Å²) in [6.07, 6.45) is 6.49. The minimum absolute atomic E-state index is 0.509. The van der Waals surface area contributed by atoms with Gasteiger partial charge in [0.1, 0.15) is 5.52 Å². The number of para-hydroxylation sites is 1. The summed E-state index contributed by atoms with van der Waals surface area (Å²) in [7, 11) is 0. The Hall–Kier alpha value is -7.23. The van der Waals surface area contributed by atoms with E-state index in [4.69, 9.17) is 9.40 Å². The van der Waals surface area contributed by atoms with Crippen molar-refractivity contribution in [3.05, 3.63) is 222 Å². The average Bonchev–Trinajstić information content (AvgIpc) is 3.91. The normalized spacial score (nSPS) is 13.9. The van der Waals surface area contributed by atoms with Crippen LogP contribution in [0.4, 0.5) is 17.1 Å². The molecule has 11 rings (SSSR count). The topological polar surface area (TPSA) is 29.3 Å². The summed E-state index contributed by atoms with van der Waals surface area (Å²) in [6.45, 7) is 6.55. The lowest BCUT2D eigenvalue weighted by Gasteiger charge is -2.33. The van der Waals surface area contributed by atoms with Crippen LogP contribution in [0.25, 0.3) is 60.8 Å². The van der Waals surface area contributed by atoms with E-state index < -0.39 is 5.41 Å². The van der Waals surface area contributed by atoms with Gasteiger partial charge in [-0.25, -0.2) is 4.98 Å². The van der Waals surface area contributed by atoms with Crippen LogP contribution in [0.1, 0.15) is 29.2 Å². The minimum Gasteiger partial charge on any atom is -0.435 e. The Balaban J connectivity index is 1.16. The van der Waals surface area contributed by atoms with E-state index in [1.54, 1.807) is 0 Å². The highest BCUT2D eigenvalue weighted by atomic mass is 16.3. The lowest BCUT2D eigenvalue weighted by molar-refractivity contribution is 0.623. The SMILES string of the molecule is C=CC1=C(/C=C\C)c2ccc(N(c3ccccc3)c3ccc4ccc5ccc6nc(-c7ccccc7)oc6c5c4c3)cc2C12c1ccccc1-c1ccccc12.